The molecule has 1 nitrogen and oxygen atoms in total. The van der Waals surface area contributed by atoms with Crippen LogP contribution in [0, 0.1) is 5.41 Å². The molecule has 16 heavy (non-hydrogen) atoms. The summed E-state index contributed by atoms with van der Waals surface area (Å²) in [5, 5.41) is 1.15. The molecule has 0 amide bonds. The highest BCUT2D eigenvalue weighted by Crippen LogP contribution is 2.42. The Labute approximate surface area is 107 Å². The van der Waals surface area contributed by atoms with Crippen LogP contribution in [0.2, 0.25) is 0 Å². The van der Waals surface area contributed by atoms with Gasteiger partial charge in [-0.15, -0.1) is 0 Å². The summed E-state index contributed by atoms with van der Waals surface area (Å²) in [7, 11) is 2.23. The number of benzene rings is 1. The molecule has 2 rings (SSSR count). The van der Waals surface area contributed by atoms with Gasteiger partial charge in [0.15, 0.2) is 0 Å². The highest BCUT2D eigenvalue weighted by molar-refractivity contribution is 9.09. The van der Waals surface area contributed by atoms with Gasteiger partial charge in [0.2, 0.25) is 0 Å². The first-order valence-electron chi connectivity index (χ1n) is 6.03. The first-order chi connectivity index (χ1) is 7.74. The Morgan fingerprint density at radius 1 is 1.25 bits per heavy atom. The van der Waals surface area contributed by atoms with E-state index in [1.165, 1.54) is 31.4 Å². The number of nitrogens with zero attached hydrogens (tertiary/aromatic N) is 1. The highest BCUT2D eigenvalue weighted by Gasteiger charge is 2.36. The van der Waals surface area contributed by atoms with Crippen molar-refractivity contribution in [3.8, 4) is 0 Å². The maximum Gasteiger partial charge on any atom is 0.0230 e. The molecule has 2 heteroatoms. The van der Waals surface area contributed by atoms with E-state index in [4.69, 9.17) is 0 Å². The first-order valence-corrected chi connectivity index (χ1v) is 7.15. The van der Waals surface area contributed by atoms with Gasteiger partial charge in [-0.1, -0.05) is 52.7 Å². The molecule has 1 aromatic rings. The second-order valence-corrected chi connectivity index (χ2v) is 5.71. The van der Waals surface area contributed by atoms with Gasteiger partial charge in [-0.05, 0) is 30.9 Å². The van der Waals surface area contributed by atoms with E-state index in [2.05, 4.69) is 58.2 Å². The van der Waals surface area contributed by atoms with Crippen molar-refractivity contribution in [1.29, 1.82) is 0 Å². The van der Waals surface area contributed by atoms with Gasteiger partial charge >= 0.3 is 0 Å². The second kappa shape index (κ2) is 5.33. The Balaban J connectivity index is 1.87. The minimum Gasteiger partial charge on any atom is -0.302 e. The lowest BCUT2D eigenvalue weighted by atomic mass is 9.70. The fraction of sp³-hybridized carbons (Fsp3) is 0.571. The maximum absolute atomic E-state index is 3.67. The van der Waals surface area contributed by atoms with Crippen LogP contribution in [0.4, 0.5) is 0 Å². The lowest BCUT2D eigenvalue weighted by Crippen LogP contribution is -2.41. The van der Waals surface area contributed by atoms with E-state index in [-0.39, 0.29) is 0 Å². The van der Waals surface area contributed by atoms with Crippen molar-refractivity contribution in [2.24, 2.45) is 5.41 Å². The van der Waals surface area contributed by atoms with Gasteiger partial charge in [0, 0.05) is 18.4 Å². The third-order valence-electron chi connectivity index (χ3n) is 3.60. The SMILES string of the molecule is CN(Cc1ccccc1)CC1(CBr)CCC1. The van der Waals surface area contributed by atoms with E-state index in [0.717, 1.165) is 11.9 Å². The summed E-state index contributed by atoms with van der Waals surface area (Å²) >= 11 is 3.67. The highest BCUT2D eigenvalue weighted by atomic mass is 79.9. The lowest BCUT2D eigenvalue weighted by Gasteiger charge is -2.43. The number of hydrogen-bond acceptors (Lipinski definition) is 1. The Morgan fingerprint density at radius 3 is 2.44 bits per heavy atom. The van der Waals surface area contributed by atoms with Crippen LogP contribution in [0.3, 0.4) is 0 Å². The molecule has 0 unspecified atom stereocenters. The fourth-order valence-corrected chi connectivity index (χ4v) is 3.27. The minimum absolute atomic E-state index is 0.559. The Kier molecular flexibility index (Phi) is 4.04. The summed E-state index contributed by atoms with van der Waals surface area (Å²) in [6.07, 6.45) is 4.18. The van der Waals surface area contributed by atoms with Crippen LogP contribution >= 0.6 is 15.9 Å². The average molecular weight is 282 g/mol. The smallest absolute Gasteiger partial charge is 0.0230 e. The molecular weight excluding hydrogens is 262 g/mol. The largest absolute Gasteiger partial charge is 0.302 e. The fourth-order valence-electron chi connectivity index (χ4n) is 2.53. The van der Waals surface area contributed by atoms with Gasteiger partial charge in [0.1, 0.15) is 0 Å². The van der Waals surface area contributed by atoms with Gasteiger partial charge in [-0.25, -0.2) is 0 Å². The molecule has 1 aromatic carbocycles. The van der Waals surface area contributed by atoms with Crippen LogP contribution in [-0.2, 0) is 6.54 Å². The third kappa shape index (κ3) is 2.86. The molecule has 1 saturated carbocycles. The van der Waals surface area contributed by atoms with E-state index in [1.807, 2.05) is 0 Å². The molecule has 1 fully saturated rings. The molecule has 0 saturated heterocycles. The monoisotopic (exact) mass is 281 g/mol. The molecule has 0 heterocycles. The van der Waals surface area contributed by atoms with E-state index < -0.39 is 0 Å². The number of halogens is 1. The van der Waals surface area contributed by atoms with E-state index in [9.17, 15) is 0 Å². The van der Waals surface area contributed by atoms with Gasteiger partial charge in [0.05, 0.1) is 0 Å². The molecule has 0 N–H and O–H groups in total. The summed E-state index contributed by atoms with van der Waals surface area (Å²) in [5.41, 5.74) is 1.97. The van der Waals surface area contributed by atoms with Crippen molar-refractivity contribution in [3.05, 3.63) is 35.9 Å². The zero-order valence-corrected chi connectivity index (χ0v) is 11.5. The molecule has 1 aliphatic carbocycles. The summed E-state index contributed by atoms with van der Waals surface area (Å²) in [5.74, 6) is 0. The topological polar surface area (TPSA) is 3.24 Å². The van der Waals surface area contributed by atoms with Crippen LogP contribution in [0.25, 0.3) is 0 Å². The third-order valence-corrected chi connectivity index (χ3v) is 4.79. The lowest BCUT2D eigenvalue weighted by molar-refractivity contribution is 0.102. The Hall–Kier alpha value is -0.340. The first kappa shape index (κ1) is 12.1. The van der Waals surface area contributed by atoms with Gasteiger partial charge in [-0.3, -0.25) is 0 Å². The van der Waals surface area contributed by atoms with Crippen molar-refractivity contribution in [3.63, 3.8) is 0 Å². The molecule has 1 aliphatic rings. The van der Waals surface area contributed by atoms with E-state index in [0.29, 0.717) is 5.41 Å². The molecule has 0 aromatic heterocycles. The van der Waals surface area contributed by atoms with Crippen molar-refractivity contribution in [2.45, 2.75) is 25.8 Å². The predicted octanol–water partition coefficient (Wildman–Crippen LogP) is 3.68. The van der Waals surface area contributed by atoms with E-state index in [1.54, 1.807) is 0 Å². The second-order valence-electron chi connectivity index (χ2n) is 5.15. The quantitative estimate of drug-likeness (QED) is 0.745. The molecule has 0 spiro atoms. The zero-order chi connectivity index (χ0) is 11.4. The molecule has 0 aliphatic heterocycles. The van der Waals surface area contributed by atoms with Crippen molar-refractivity contribution in [2.75, 3.05) is 18.9 Å². The van der Waals surface area contributed by atoms with Crippen molar-refractivity contribution in [1.82, 2.24) is 4.90 Å². The predicted molar refractivity (Wildman–Crippen MR) is 72.9 cm³/mol. The normalized spacial score (nSPS) is 18.4. The summed E-state index contributed by atoms with van der Waals surface area (Å²) < 4.78 is 0. The molecule has 0 atom stereocenters. The van der Waals surface area contributed by atoms with Gasteiger partial charge < -0.3 is 4.90 Å². The minimum atomic E-state index is 0.559. The van der Waals surface area contributed by atoms with Crippen LogP contribution < -0.4 is 0 Å². The van der Waals surface area contributed by atoms with Crippen LogP contribution in [0.5, 0.6) is 0 Å². The van der Waals surface area contributed by atoms with Gasteiger partial charge in [0.25, 0.3) is 0 Å². The number of hydrogen-bond donors (Lipinski definition) is 0. The molecular formula is C14H20BrN. The molecule has 0 radical (unpaired) electrons. The van der Waals surface area contributed by atoms with Gasteiger partial charge in [-0.2, -0.15) is 0 Å². The summed E-state index contributed by atoms with van der Waals surface area (Å²) in [4.78, 5) is 2.45. The summed E-state index contributed by atoms with van der Waals surface area (Å²) in [6, 6.07) is 10.7. The van der Waals surface area contributed by atoms with Crippen LogP contribution in [-0.4, -0.2) is 23.8 Å². The zero-order valence-electron chi connectivity index (χ0n) is 9.95. The Bertz CT molecular complexity index is 313. The Morgan fingerprint density at radius 2 is 1.94 bits per heavy atom. The number of rotatable bonds is 5. The van der Waals surface area contributed by atoms with Crippen molar-refractivity contribution >= 4 is 15.9 Å². The molecule has 0 bridgehead atoms. The number of alkyl halides is 1. The van der Waals surface area contributed by atoms with E-state index >= 15 is 0 Å². The van der Waals surface area contributed by atoms with Crippen LogP contribution in [0.15, 0.2) is 30.3 Å². The maximum atomic E-state index is 3.67. The van der Waals surface area contributed by atoms with Crippen molar-refractivity contribution < 1.29 is 0 Å². The average Bonchev–Trinajstić information content (AvgIpc) is 2.25. The van der Waals surface area contributed by atoms with Crippen LogP contribution in [0.1, 0.15) is 24.8 Å². The summed E-state index contributed by atoms with van der Waals surface area (Å²) in [6.45, 7) is 2.28. The standard InChI is InChI=1S/C14H20BrN/c1-16(10-13-6-3-2-4-7-13)12-14(11-15)8-5-9-14/h2-4,6-7H,5,8-12H2,1H3. The molecule has 88 valence electrons.